The monoisotopic (exact) mass is 387 g/mol. The van der Waals surface area contributed by atoms with Gasteiger partial charge in [-0.3, -0.25) is 4.79 Å². The van der Waals surface area contributed by atoms with Crippen molar-refractivity contribution >= 4 is 17.3 Å². The molecule has 4 rings (SSSR count). The van der Waals surface area contributed by atoms with Gasteiger partial charge in [0.15, 0.2) is 11.6 Å². The molecule has 9 heteroatoms. The summed E-state index contributed by atoms with van der Waals surface area (Å²) in [7, 11) is 0. The summed E-state index contributed by atoms with van der Waals surface area (Å²) in [6.45, 7) is 1.96. The van der Waals surface area contributed by atoms with Crippen LogP contribution in [0.2, 0.25) is 0 Å². The molecular formula is C19H16F3N5O. The molecule has 1 aromatic carbocycles. The number of halogens is 3. The van der Waals surface area contributed by atoms with Crippen molar-refractivity contribution in [1.82, 2.24) is 19.7 Å². The highest BCUT2D eigenvalue weighted by Gasteiger charge is 2.33. The van der Waals surface area contributed by atoms with Crippen molar-refractivity contribution in [2.75, 3.05) is 5.32 Å². The zero-order valence-corrected chi connectivity index (χ0v) is 14.9. The number of carbonyl (C=O) groups is 1. The summed E-state index contributed by atoms with van der Waals surface area (Å²) in [4.78, 5) is 21.0. The zero-order chi connectivity index (χ0) is 19.9. The minimum Gasteiger partial charge on any atom is -0.338 e. The molecule has 0 fully saturated rings. The number of hydrogen-bond acceptors (Lipinski definition) is 5. The first-order valence-corrected chi connectivity index (χ1v) is 8.69. The molecule has 0 radical (unpaired) electrons. The highest BCUT2D eigenvalue weighted by Crippen LogP contribution is 2.35. The third kappa shape index (κ3) is 3.35. The van der Waals surface area contributed by atoms with E-state index in [0.717, 1.165) is 12.1 Å². The van der Waals surface area contributed by atoms with Crippen LogP contribution in [0.25, 0.3) is 5.95 Å². The van der Waals surface area contributed by atoms with E-state index in [1.165, 1.54) is 16.8 Å². The topological polar surface area (TPSA) is 72.7 Å². The Balaban J connectivity index is 1.79. The van der Waals surface area contributed by atoms with Crippen molar-refractivity contribution in [3.63, 3.8) is 0 Å². The Labute approximate surface area is 158 Å². The third-order valence-electron chi connectivity index (χ3n) is 4.53. The molecule has 1 N–H and O–H groups in total. The first kappa shape index (κ1) is 18.1. The van der Waals surface area contributed by atoms with E-state index >= 15 is 0 Å². The number of carbonyl (C=O) groups excluding carboxylic acids is 1. The Hall–Kier alpha value is -3.23. The predicted octanol–water partition coefficient (Wildman–Crippen LogP) is 4.19. The van der Waals surface area contributed by atoms with Gasteiger partial charge in [0, 0.05) is 24.5 Å². The van der Waals surface area contributed by atoms with Crippen molar-refractivity contribution in [3.8, 4) is 5.95 Å². The highest BCUT2D eigenvalue weighted by molar-refractivity contribution is 6.03. The minimum absolute atomic E-state index is 0.106. The van der Waals surface area contributed by atoms with Gasteiger partial charge in [-0.2, -0.15) is 13.2 Å². The summed E-state index contributed by atoms with van der Waals surface area (Å²) in [5, 5.41) is 7.28. The Bertz CT molecular complexity index is 1030. The van der Waals surface area contributed by atoms with Crippen LogP contribution in [0.15, 0.2) is 42.7 Å². The van der Waals surface area contributed by atoms with E-state index in [-0.39, 0.29) is 23.2 Å². The number of fused-ring (bicyclic) bond motifs is 1. The number of benzene rings is 1. The van der Waals surface area contributed by atoms with Crippen molar-refractivity contribution in [1.29, 1.82) is 0 Å². The van der Waals surface area contributed by atoms with Gasteiger partial charge >= 0.3 is 6.18 Å². The second-order valence-corrected chi connectivity index (χ2v) is 6.77. The standard InChI is InChI=1S/C19H16F3N5O/c1-11-8-14-16(15(28)9-11)17(26-27(14)18-23-6-3-7-24-18)25-13-5-2-4-12(10-13)19(20,21)22/h2-7,10-11H,8-9H2,1H3,(H,25,26). The van der Waals surface area contributed by atoms with E-state index in [1.807, 2.05) is 6.92 Å². The van der Waals surface area contributed by atoms with Crippen LogP contribution >= 0.6 is 0 Å². The summed E-state index contributed by atoms with van der Waals surface area (Å²) >= 11 is 0. The van der Waals surface area contributed by atoms with Crippen molar-refractivity contribution < 1.29 is 18.0 Å². The van der Waals surface area contributed by atoms with Crippen molar-refractivity contribution in [2.45, 2.75) is 25.9 Å². The molecule has 0 amide bonds. The molecule has 0 spiro atoms. The van der Waals surface area contributed by atoms with Gasteiger partial charge in [-0.1, -0.05) is 13.0 Å². The Kier molecular flexibility index (Phi) is 4.37. The fraction of sp³-hybridized carbons (Fsp3) is 0.263. The van der Waals surface area contributed by atoms with Crippen molar-refractivity contribution in [2.24, 2.45) is 5.92 Å². The third-order valence-corrected chi connectivity index (χ3v) is 4.53. The van der Waals surface area contributed by atoms with Crippen LogP contribution in [-0.2, 0) is 12.6 Å². The lowest BCUT2D eigenvalue weighted by Gasteiger charge is -2.18. The highest BCUT2D eigenvalue weighted by atomic mass is 19.4. The number of rotatable bonds is 3. The number of Topliss-reactive ketones (excluding diaryl/α,β-unsaturated/α-hetero) is 1. The van der Waals surface area contributed by atoms with Crippen LogP contribution < -0.4 is 5.32 Å². The summed E-state index contributed by atoms with van der Waals surface area (Å²) < 4.78 is 40.5. The maximum absolute atomic E-state index is 13.0. The molecule has 1 aliphatic carbocycles. The van der Waals surface area contributed by atoms with Gasteiger partial charge in [0.25, 0.3) is 5.95 Å². The molecule has 0 bridgehead atoms. The zero-order valence-electron chi connectivity index (χ0n) is 14.9. The van der Waals surface area contributed by atoms with Gasteiger partial charge in [0.1, 0.15) is 0 Å². The van der Waals surface area contributed by atoms with Crippen LogP contribution in [-0.4, -0.2) is 25.5 Å². The maximum atomic E-state index is 13.0. The molecule has 0 saturated heterocycles. The summed E-state index contributed by atoms with van der Waals surface area (Å²) in [5.41, 5.74) is 0.451. The predicted molar refractivity (Wildman–Crippen MR) is 95.7 cm³/mol. The lowest BCUT2D eigenvalue weighted by molar-refractivity contribution is -0.137. The lowest BCUT2D eigenvalue weighted by atomic mass is 9.88. The number of hydrogen-bond donors (Lipinski definition) is 1. The Morgan fingerprint density at radius 3 is 2.61 bits per heavy atom. The number of alkyl halides is 3. The second kappa shape index (κ2) is 6.74. The summed E-state index contributed by atoms with van der Waals surface area (Å²) in [5.74, 6) is 0.530. The summed E-state index contributed by atoms with van der Waals surface area (Å²) in [6.07, 6.45) is -0.392. The molecule has 3 aromatic rings. The van der Waals surface area contributed by atoms with Crippen LogP contribution in [0.4, 0.5) is 24.7 Å². The summed E-state index contributed by atoms with van der Waals surface area (Å²) in [6, 6.07) is 6.44. The van der Waals surface area contributed by atoms with Gasteiger partial charge in [-0.25, -0.2) is 14.6 Å². The molecule has 0 aliphatic heterocycles. The molecular weight excluding hydrogens is 371 g/mol. The fourth-order valence-electron chi connectivity index (χ4n) is 3.32. The number of anilines is 2. The fourth-order valence-corrected chi connectivity index (χ4v) is 3.32. The largest absolute Gasteiger partial charge is 0.416 e. The molecule has 1 unspecified atom stereocenters. The molecule has 2 aromatic heterocycles. The lowest BCUT2D eigenvalue weighted by Crippen LogP contribution is -2.20. The molecule has 0 saturated carbocycles. The van der Waals surface area contributed by atoms with E-state index in [9.17, 15) is 18.0 Å². The smallest absolute Gasteiger partial charge is 0.338 e. The minimum atomic E-state index is -4.46. The Morgan fingerprint density at radius 1 is 1.14 bits per heavy atom. The average Bonchev–Trinajstić information content (AvgIpc) is 3.00. The quantitative estimate of drug-likeness (QED) is 0.730. The average molecular weight is 387 g/mol. The first-order chi connectivity index (χ1) is 13.3. The van der Waals surface area contributed by atoms with Crippen LogP contribution in [0.1, 0.15) is 35.0 Å². The molecule has 6 nitrogen and oxygen atoms in total. The molecule has 144 valence electrons. The number of nitrogens with zero attached hydrogens (tertiary/aromatic N) is 4. The van der Waals surface area contributed by atoms with Crippen LogP contribution in [0.5, 0.6) is 0 Å². The second-order valence-electron chi connectivity index (χ2n) is 6.77. The SMILES string of the molecule is CC1CC(=O)c2c(Nc3cccc(C(F)(F)F)c3)nn(-c3ncccn3)c2C1. The van der Waals surface area contributed by atoms with E-state index in [1.54, 1.807) is 18.5 Å². The molecule has 28 heavy (non-hydrogen) atoms. The number of aromatic nitrogens is 4. The van der Waals surface area contributed by atoms with Gasteiger partial charge < -0.3 is 5.32 Å². The number of ketones is 1. The van der Waals surface area contributed by atoms with Crippen molar-refractivity contribution in [3.05, 3.63) is 59.5 Å². The van der Waals surface area contributed by atoms with Gasteiger partial charge in [-0.05, 0) is 36.6 Å². The van der Waals surface area contributed by atoms with Gasteiger partial charge in [0.2, 0.25) is 0 Å². The van der Waals surface area contributed by atoms with Crippen LogP contribution in [0, 0.1) is 5.92 Å². The first-order valence-electron chi connectivity index (χ1n) is 8.69. The Morgan fingerprint density at radius 2 is 1.89 bits per heavy atom. The normalized spacial score (nSPS) is 16.7. The van der Waals surface area contributed by atoms with E-state index < -0.39 is 11.7 Å². The van der Waals surface area contributed by atoms with E-state index in [4.69, 9.17) is 0 Å². The molecule has 1 aliphatic rings. The van der Waals surface area contributed by atoms with E-state index in [0.29, 0.717) is 30.0 Å². The molecule has 1 atom stereocenters. The maximum Gasteiger partial charge on any atom is 0.416 e. The number of nitrogens with one attached hydrogen (secondary N) is 1. The van der Waals surface area contributed by atoms with Crippen LogP contribution in [0.3, 0.4) is 0 Å². The van der Waals surface area contributed by atoms with Gasteiger partial charge in [-0.15, -0.1) is 5.10 Å². The van der Waals surface area contributed by atoms with Gasteiger partial charge in [0.05, 0.1) is 16.8 Å². The van der Waals surface area contributed by atoms with E-state index in [2.05, 4.69) is 20.4 Å². The molecule has 2 heterocycles.